The molecular formula is C15H19N3O. The molecule has 1 aliphatic carbocycles. The number of hydrogen-bond donors (Lipinski definition) is 2. The molecular weight excluding hydrogens is 238 g/mol. The van der Waals surface area contributed by atoms with Crippen molar-refractivity contribution in [3.8, 4) is 0 Å². The predicted octanol–water partition coefficient (Wildman–Crippen LogP) is 2.57. The molecule has 1 saturated heterocycles. The first kappa shape index (κ1) is 12.2. The first-order chi connectivity index (χ1) is 9.16. The van der Waals surface area contributed by atoms with Crippen LogP contribution >= 0.6 is 0 Å². The minimum absolute atomic E-state index is 0.107. The molecule has 0 bridgehead atoms. The van der Waals surface area contributed by atoms with E-state index in [4.69, 9.17) is 5.41 Å². The highest BCUT2D eigenvalue weighted by Crippen LogP contribution is 2.34. The van der Waals surface area contributed by atoms with Gasteiger partial charge in [-0.2, -0.15) is 0 Å². The van der Waals surface area contributed by atoms with Crippen LogP contribution in [0, 0.1) is 11.3 Å². The fourth-order valence-corrected chi connectivity index (χ4v) is 2.78. The summed E-state index contributed by atoms with van der Waals surface area (Å²) in [6.45, 7) is 2.88. The zero-order valence-corrected chi connectivity index (χ0v) is 11.1. The van der Waals surface area contributed by atoms with Crippen LogP contribution in [0.5, 0.6) is 0 Å². The van der Waals surface area contributed by atoms with Crippen molar-refractivity contribution in [2.24, 2.45) is 5.92 Å². The lowest BCUT2D eigenvalue weighted by Gasteiger charge is -2.28. The Balaban J connectivity index is 1.83. The van der Waals surface area contributed by atoms with Gasteiger partial charge in [-0.1, -0.05) is 37.3 Å². The minimum atomic E-state index is -0.143. The lowest BCUT2D eigenvalue weighted by molar-refractivity contribution is 0.198. The molecule has 2 fully saturated rings. The number of urea groups is 1. The minimum Gasteiger partial charge on any atom is -0.313 e. The molecule has 3 rings (SSSR count). The van der Waals surface area contributed by atoms with E-state index in [9.17, 15) is 4.79 Å². The molecule has 1 heterocycles. The average molecular weight is 257 g/mol. The summed E-state index contributed by atoms with van der Waals surface area (Å²) in [6.07, 6.45) is 2.42. The Morgan fingerprint density at radius 3 is 2.68 bits per heavy atom. The van der Waals surface area contributed by atoms with Crippen molar-refractivity contribution in [2.75, 3.05) is 6.54 Å². The summed E-state index contributed by atoms with van der Waals surface area (Å²) in [6, 6.07) is 9.88. The lowest BCUT2D eigenvalue weighted by atomic mass is 9.92. The maximum atomic E-state index is 12.0. The number of carbonyl (C=O) groups is 1. The molecule has 1 aliphatic heterocycles. The molecule has 0 aromatic heterocycles. The Labute approximate surface area is 113 Å². The summed E-state index contributed by atoms with van der Waals surface area (Å²) >= 11 is 0. The van der Waals surface area contributed by atoms with Crippen LogP contribution < -0.4 is 5.32 Å². The number of amides is 2. The van der Waals surface area contributed by atoms with E-state index in [1.807, 2.05) is 23.1 Å². The smallest absolute Gasteiger partial charge is 0.313 e. The Morgan fingerprint density at radius 1 is 1.37 bits per heavy atom. The molecule has 2 aliphatic rings. The Bertz CT molecular complexity index is 495. The van der Waals surface area contributed by atoms with E-state index in [0.29, 0.717) is 11.8 Å². The number of hydrogen-bond acceptors (Lipinski definition) is 2. The van der Waals surface area contributed by atoms with Crippen molar-refractivity contribution in [2.45, 2.75) is 31.7 Å². The van der Waals surface area contributed by atoms with Crippen molar-refractivity contribution >= 4 is 11.9 Å². The molecule has 0 radical (unpaired) electrons. The second kappa shape index (κ2) is 4.68. The van der Waals surface area contributed by atoms with Crippen molar-refractivity contribution in [1.82, 2.24) is 10.2 Å². The third-order valence-electron chi connectivity index (χ3n) is 4.08. The van der Waals surface area contributed by atoms with Crippen LogP contribution in [0.4, 0.5) is 4.79 Å². The van der Waals surface area contributed by atoms with Crippen molar-refractivity contribution in [3.63, 3.8) is 0 Å². The number of benzene rings is 1. The molecule has 4 nitrogen and oxygen atoms in total. The van der Waals surface area contributed by atoms with Crippen LogP contribution in [0.2, 0.25) is 0 Å². The van der Waals surface area contributed by atoms with Gasteiger partial charge in [-0.15, -0.1) is 0 Å². The van der Waals surface area contributed by atoms with Gasteiger partial charge in [0.2, 0.25) is 0 Å². The fraction of sp³-hybridized carbons (Fsp3) is 0.467. The third kappa shape index (κ3) is 2.35. The van der Waals surface area contributed by atoms with Crippen LogP contribution in [-0.4, -0.2) is 29.4 Å². The third-order valence-corrected chi connectivity index (χ3v) is 4.08. The SMILES string of the molecule is CC(c1ccccc1)C1C(=N)NC(=O)N1CC1CC1. The molecule has 1 aromatic carbocycles. The quantitative estimate of drug-likeness (QED) is 0.855. The zero-order chi connectivity index (χ0) is 13.4. The second-order valence-corrected chi connectivity index (χ2v) is 5.58. The van der Waals surface area contributed by atoms with E-state index in [1.54, 1.807) is 0 Å². The molecule has 19 heavy (non-hydrogen) atoms. The van der Waals surface area contributed by atoms with Gasteiger partial charge in [0.15, 0.2) is 0 Å². The Kier molecular flexibility index (Phi) is 3.01. The van der Waals surface area contributed by atoms with Gasteiger partial charge in [-0.3, -0.25) is 10.7 Å². The van der Waals surface area contributed by atoms with Gasteiger partial charge in [0.05, 0.1) is 6.04 Å². The molecule has 2 unspecified atom stereocenters. The first-order valence-electron chi connectivity index (χ1n) is 6.88. The molecule has 0 spiro atoms. The van der Waals surface area contributed by atoms with Gasteiger partial charge in [0.25, 0.3) is 0 Å². The summed E-state index contributed by atoms with van der Waals surface area (Å²) in [5.41, 5.74) is 1.18. The zero-order valence-electron chi connectivity index (χ0n) is 11.1. The van der Waals surface area contributed by atoms with Gasteiger partial charge >= 0.3 is 6.03 Å². The highest BCUT2D eigenvalue weighted by atomic mass is 16.2. The van der Waals surface area contributed by atoms with E-state index in [1.165, 1.54) is 18.4 Å². The maximum Gasteiger partial charge on any atom is 0.323 e. The standard InChI is InChI=1S/C15H19N3O/c1-10(12-5-3-2-4-6-12)13-14(16)17-15(19)18(13)9-11-7-8-11/h2-6,10-11,13H,7-9H2,1H3,(H2,16,17,19). The summed E-state index contributed by atoms with van der Waals surface area (Å²) in [7, 11) is 0. The van der Waals surface area contributed by atoms with Crippen LogP contribution in [0.25, 0.3) is 0 Å². The van der Waals surface area contributed by atoms with Crippen LogP contribution in [-0.2, 0) is 0 Å². The number of carbonyl (C=O) groups excluding carboxylic acids is 1. The topological polar surface area (TPSA) is 56.2 Å². The summed E-state index contributed by atoms with van der Waals surface area (Å²) in [5, 5.41) is 10.7. The predicted molar refractivity (Wildman–Crippen MR) is 74.3 cm³/mol. The van der Waals surface area contributed by atoms with Crippen LogP contribution in [0.1, 0.15) is 31.2 Å². The summed E-state index contributed by atoms with van der Waals surface area (Å²) in [5.74, 6) is 1.12. The van der Waals surface area contributed by atoms with Crippen molar-refractivity contribution < 1.29 is 4.79 Å². The maximum absolute atomic E-state index is 12.0. The summed E-state index contributed by atoms with van der Waals surface area (Å²) < 4.78 is 0. The normalized spacial score (nSPS) is 24.5. The van der Waals surface area contributed by atoms with Crippen LogP contribution in [0.15, 0.2) is 30.3 Å². The summed E-state index contributed by atoms with van der Waals surface area (Å²) in [4.78, 5) is 13.8. The highest BCUT2D eigenvalue weighted by Gasteiger charge is 2.41. The highest BCUT2D eigenvalue weighted by molar-refractivity contribution is 6.06. The lowest BCUT2D eigenvalue weighted by Crippen LogP contribution is -2.40. The molecule has 4 heteroatoms. The van der Waals surface area contributed by atoms with Gasteiger partial charge in [-0.25, -0.2) is 4.79 Å². The number of amidine groups is 1. The molecule has 1 aromatic rings. The van der Waals surface area contributed by atoms with Gasteiger partial charge in [-0.05, 0) is 24.3 Å². The van der Waals surface area contributed by atoms with E-state index >= 15 is 0 Å². The fourth-order valence-electron chi connectivity index (χ4n) is 2.78. The van der Waals surface area contributed by atoms with E-state index in [0.717, 1.165) is 6.54 Å². The number of nitrogens with one attached hydrogen (secondary N) is 2. The van der Waals surface area contributed by atoms with Gasteiger partial charge in [0, 0.05) is 12.5 Å². The van der Waals surface area contributed by atoms with E-state index in [2.05, 4.69) is 24.4 Å². The second-order valence-electron chi connectivity index (χ2n) is 5.58. The molecule has 2 atom stereocenters. The molecule has 100 valence electrons. The van der Waals surface area contributed by atoms with Gasteiger partial charge < -0.3 is 4.90 Å². The van der Waals surface area contributed by atoms with Gasteiger partial charge in [0.1, 0.15) is 5.84 Å². The Morgan fingerprint density at radius 2 is 2.05 bits per heavy atom. The molecule has 1 saturated carbocycles. The number of nitrogens with zero attached hydrogens (tertiary/aromatic N) is 1. The molecule has 2 N–H and O–H groups in total. The first-order valence-corrected chi connectivity index (χ1v) is 6.88. The monoisotopic (exact) mass is 257 g/mol. The van der Waals surface area contributed by atoms with Crippen molar-refractivity contribution in [1.29, 1.82) is 5.41 Å². The van der Waals surface area contributed by atoms with Crippen LogP contribution in [0.3, 0.4) is 0 Å². The number of rotatable bonds is 4. The average Bonchev–Trinajstić information content (AvgIpc) is 3.17. The largest absolute Gasteiger partial charge is 0.323 e. The van der Waals surface area contributed by atoms with Crippen molar-refractivity contribution in [3.05, 3.63) is 35.9 Å². The molecule has 2 amide bonds. The van der Waals surface area contributed by atoms with E-state index in [-0.39, 0.29) is 18.0 Å². The van der Waals surface area contributed by atoms with E-state index < -0.39 is 0 Å². The Hall–Kier alpha value is -1.84.